The van der Waals surface area contributed by atoms with Crippen LogP contribution in [0.15, 0.2) is 0 Å². The van der Waals surface area contributed by atoms with E-state index < -0.39 is 0 Å². The SMILES string of the molecule is CC(C)[C@H]1CC[C@@H](C)CC1=O. The number of carbonyl (C=O) groups excluding carboxylic acids is 1. The molecule has 11 heavy (non-hydrogen) atoms. The van der Waals surface area contributed by atoms with Gasteiger partial charge in [0, 0.05) is 12.3 Å². The van der Waals surface area contributed by atoms with E-state index in [9.17, 15) is 4.79 Å². The average molecular weight is 154 g/mol. The van der Waals surface area contributed by atoms with Crippen molar-refractivity contribution in [2.24, 2.45) is 17.8 Å². The van der Waals surface area contributed by atoms with Crippen LogP contribution in [0.5, 0.6) is 0 Å². The van der Waals surface area contributed by atoms with E-state index in [0.717, 1.165) is 12.8 Å². The van der Waals surface area contributed by atoms with Gasteiger partial charge in [-0.2, -0.15) is 0 Å². The molecule has 0 saturated heterocycles. The minimum atomic E-state index is 0.367. The zero-order valence-corrected chi connectivity index (χ0v) is 7.76. The van der Waals surface area contributed by atoms with E-state index in [4.69, 9.17) is 0 Å². The maximum atomic E-state index is 11.4. The quantitative estimate of drug-likeness (QED) is 0.567. The van der Waals surface area contributed by atoms with Gasteiger partial charge in [0.25, 0.3) is 0 Å². The van der Waals surface area contributed by atoms with Crippen molar-refractivity contribution in [3.8, 4) is 0 Å². The summed E-state index contributed by atoms with van der Waals surface area (Å²) in [6.45, 7) is 6.48. The molecule has 0 spiro atoms. The molecule has 1 saturated carbocycles. The van der Waals surface area contributed by atoms with Crippen molar-refractivity contribution in [3.63, 3.8) is 0 Å². The van der Waals surface area contributed by atoms with Gasteiger partial charge in [-0.1, -0.05) is 20.8 Å². The smallest absolute Gasteiger partial charge is 0.136 e. The lowest BCUT2D eigenvalue weighted by Gasteiger charge is -2.27. The van der Waals surface area contributed by atoms with E-state index in [2.05, 4.69) is 20.8 Å². The normalized spacial score (nSPS) is 32.9. The van der Waals surface area contributed by atoms with Gasteiger partial charge in [0.15, 0.2) is 0 Å². The molecule has 1 aliphatic carbocycles. The van der Waals surface area contributed by atoms with Gasteiger partial charge >= 0.3 is 0 Å². The minimum Gasteiger partial charge on any atom is -0.299 e. The zero-order chi connectivity index (χ0) is 8.43. The standard InChI is InChI=1S/C10H18O/c1-7(2)9-5-4-8(3)6-10(9)11/h7-9H,4-6H2,1-3H3/t8-,9-/m1/s1. The van der Waals surface area contributed by atoms with Crippen molar-refractivity contribution in [2.45, 2.75) is 40.0 Å². The average Bonchev–Trinajstić information content (AvgIpc) is 1.85. The first-order valence-electron chi connectivity index (χ1n) is 4.64. The molecule has 0 N–H and O–H groups in total. The van der Waals surface area contributed by atoms with E-state index in [-0.39, 0.29) is 0 Å². The Kier molecular flexibility index (Phi) is 2.69. The first-order valence-corrected chi connectivity index (χ1v) is 4.64. The second kappa shape index (κ2) is 3.38. The lowest BCUT2D eigenvalue weighted by atomic mass is 9.77. The molecule has 1 aliphatic rings. The van der Waals surface area contributed by atoms with Crippen LogP contribution in [0.2, 0.25) is 0 Å². The first kappa shape index (κ1) is 8.76. The first-order chi connectivity index (χ1) is 5.11. The van der Waals surface area contributed by atoms with Crippen molar-refractivity contribution in [2.75, 3.05) is 0 Å². The maximum absolute atomic E-state index is 11.4. The van der Waals surface area contributed by atoms with E-state index in [0.29, 0.717) is 23.5 Å². The van der Waals surface area contributed by atoms with E-state index in [1.165, 1.54) is 6.42 Å². The fraction of sp³-hybridized carbons (Fsp3) is 0.900. The van der Waals surface area contributed by atoms with Crippen molar-refractivity contribution < 1.29 is 4.79 Å². The third-order valence-corrected chi connectivity index (χ3v) is 2.74. The van der Waals surface area contributed by atoms with Crippen LogP contribution in [0.4, 0.5) is 0 Å². The molecule has 0 radical (unpaired) electrons. The summed E-state index contributed by atoms with van der Waals surface area (Å²) in [4.78, 5) is 11.4. The van der Waals surface area contributed by atoms with Crippen molar-refractivity contribution in [1.82, 2.24) is 0 Å². The zero-order valence-electron chi connectivity index (χ0n) is 7.76. The topological polar surface area (TPSA) is 17.1 Å². The molecule has 0 amide bonds. The largest absolute Gasteiger partial charge is 0.299 e. The molecule has 1 fully saturated rings. The molecule has 0 aromatic rings. The van der Waals surface area contributed by atoms with Gasteiger partial charge in [-0.15, -0.1) is 0 Å². The van der Waals surface area contributed by atoms with Crippen LogP contribution < -0.4 is 0 Å². The number of carbonyl (C=O) groups is 1. The molecular formula is C10H18O. The second-order valence-electron chi connectivity index (χ2n) is 4.20. The van der Waals surface area contributed by atoms with E-state index in [1.54, 1.807) is 0 Å². The predicted molar refractivity (Wildman–Crippen MR) is 46.4 cm³/mol. The molecule has 0 aliphatic heterocycles. The molecule has 64 valence electrons. The lowest BCUT2D eigenvalue weighted by molar-refractivity contribution is -0.127. The highest BCUT2D eigenvalue weighted by Gasteiger charge is 2.27. The summed E-state index contributed by atoms with van der Waals surface area (Å²) in [5.74, 6) is 2.05. The third kappa shape index (κ3) is 2.05. The van der Waals surface area contributed by atoms with Crippen molar-refractivity contribution >= 4 is 5.78 Å². The molecule has 1 nitrogen and oxygen atoms in total. The van der Waals surface area contributed by atoms with Crippen molar-refractivity contribution in [1.29, 1.82) is 0 Å². The molecule has 1 rings (SSSR count). The summed E-state index contributed by atoms with van der Waals surface area (Å²) < 4.78 is 0. The van der Waals surface area contributed by atoms with Gasteiger partial charge in [-0.25, -0.2) is 0 Å². The molecule has 0 aromatic heterocycles. The Bertz CT molecular complexity index is 149. The van der Waals surface area contributed by atoms with Crippen LogP contribution in [-0.2, 0) is 4.79 Å². The summed E-state index contributed by atoms with van der Waals surface area (Å²) in [6, 6.07) is 0. The molecular weight excluding hydrogens is 136 g/mol. The highest BCUT2D eigenvalue weighted by molar-refractivity contribution is 5.82. The molecule has 2 atom stereocenters. The van der Waals surface area contributed by atoms with Gasteiger partial charge in [0.05, 0.1) is 0 Å². The van der Waals surface area contributed by atoms with E-state index >= 15 is 0 Å². The Labute approximate surface area is 69.2 Å². The monoisotopic (exact) mass is 154 g/mol. The van der Waals surface area contributed by atoms with Crippen molar-refractivity contribution in [3.05, 3.63) is 0 Å². The number of hydrogen-bond donors (Lipinski definition) is 0. The summed E-state index contributed by atoms with van der Waals surface area (Å²) >= 11 is 0. The van der Waals surface area contributed by atoms with Crippen LogP contribution in [0.25, 0.3) is 0 Å². The second-order valence-corrected chi connectivity index (χ2v) is 4.20. The number of hydrogen-bond acceptors (Lipinski definition) is 1. The number of Topliss-reactive ketones (excluding diaryl/α,β-unsaturated/α-hetero) is 1. The van der Waals surface area contributed by atoms with E-state index in [1.807, 2.05) is 0 Å². The summed E-state index contributed by atoms with van der Waals surface area (Å²) in [5, 5.41) is 0. The van der Waals surface area contributed by atoms with Gasteiger partial charge in [-0.3, -0.25) is 4.79 Å². The predicted octanol–water partition coefficient (Wildman–Crippen LogP) is 2.65. The minimum absolute atomic E-state index is 0.367. The summed E-state index contributed by atoms with van der Waals surface area (Å²) in [6.07, 6.45) is 3.19. The Hall–Kier alpha value is -0.330. The molecule has 0 aromatic carbocycles. The van der Waals surface area contributed by atoms with Gasteiger partial charge in [0.1, 0.15) is 5.78 Å². The molecule has 0 unspecified atom stereocenters. The Morgan fingerprint density at radius 2 is 2.00 bits per heavy atom. The molecule has 0 bridgehead atoms. The maximum Gasteiger partial charge on any atom is 0.136 e. The third-order valence-electron chi connectivity index (χ3n) is 2.74. The summed E-state index contributed by atoms with van der Waals surface area (Å²) in [5.41, 5.74) is 0. The highest BCUT2D eigenvalue weighted by Crippen LogP contribution is 2.29. The van der Waals surface area contributed by atoms with Crippen LogP contribution in [0.3, 0.4) is 0 Å². The molecule has 1 heteroatoms. The fourth-order valence-corrected chi connectivity index (χ4v) is 1.93. The lowest BCUT2D eigenvalue weighted by Crippen LogP contribution is -2.27. The Morgan fingerprint density at radius 1 is 1.36 bits per heavy atom. The van der Waals surface area contributed by atoms with Gasteiger partial charge in [0.2, 0.25) is 0 Å². The van der Waals surface area contributed by atoms with Gasteiger partial charge in [-0.05, 0) is 24.7 Å². The molecule has 0 heterocycles. The fourth-order valence-electron chi connectivity index (χ4n) is 1.93. The van der Waals surface area contributed by atoms with Crippen LogP contribution in [0.1, 0.15) is 40.0 Å². The summed E-state index contributed by atoms with van der Waals surface area (Å²) in [7, 11) is 0. The highest BCUT2D eigenvalue weighted by atomic mass is 16.1. The Morgan fingerprint density at radius 3 is 2.45 bits per heavy atom. The van der Waals surface area contributed by atoms with Gasteiger partial charge < -0.3 is 0 Å². The number of ketones is 1. The van der Waals surface area contributed by atoms with Crippen LogP contribution in [-0.4, -0.2) is 5.78 Å². The Balaban J connectivity index is 2.51. The number of rotatable bonds is 1. The van der Waals surface area contributed by atoms with Crippen LogP contribution in [0, 0.1) is 17.8 Å². The van der Waals surface area contributed by atoms with Crippen LogP contribution >= 0.6 is 0 Å².